The van der Waals surface area contributed by atoms with E-state index in [1.165, 1.54) is 6.92 Å². The minimum absolute atomic E-state index is 0.0573. The zero-order valence-corrected chi connectivity index (χ0v) is 15.1. The molecule has 0 aliphatic carbocycles. The molecule has 1 aliphatic heterocycles. The second kappa shape index (κ2) is 6.52. The van der Waals surface area contributed by atoms with Gasteiger partial charge >= 0.3 is 0 Å². The van der Waals surface area contributed by atoms with Crippen LogP contribution in [0.1, 0.15) is 31.1 Å². The first-order valence-corrected chi connectivity index (χ1v) is 8.63. The van der Waals surface area contributed by atoms with Crippen LogP contribution in [0.25, 0.3) is 10.9 Å². The molecular formula is C19H25N3O3. The molecule has 0 spiro atoms. The van der Waals surface area contributed by atoms with E-state index in [-0.39, 0.29) is 36.4 Å². The van der Waals surface area contributed by atoms with Gasteiger partial charge in [-0.25, -0.2) is 0 Å². The van der Waals surface area contributed by atoms with Gasteiger partial charge in [0.15, 0.2) is 0 Å². The number of nitrogens with one attached hydrogen (secondary N) is 1. The predicted octanol–water partition coefficient (Wildman–Crippen LogP) is 1.80. The van der Waals surface area contributed by atoms with E-state index in [0.717, 1.165) is 22.2 Å². The van der Waals surface area contributed by atoms with E-state index in [0.29, 0.717) is 6.42 Å². The molecule has 6 nitrogen and oxygen atoms in total. The van der Waals surface area contributed by atoms with Gasteiger partial charge in [0, 0.05) is 31.2 Å². The number of likely N-dealkylation sites (N-methyl/N-ethyl adjacent to an activating group) is 1. The van der Waals surface area contributed by atoms with Gasteiger partial charge < -0.3 is 15.3 Å². The van der Waals surface area contributed by atoms with Crippen LogP contribution >= 0.6 is 0 Å². The number of aliphatic hydroxyl groups is 1. The van der Waals surface area contributed by atoms with Crippen molar-refractivity contribution in [2.75, 3.05) is 18.6 Å². The van der Waals surface area contributed by atoms with Crippen molar-refractivity contribution in [3.63, 3.8) is 0 Å². The molecule has 2 atom stereocenters. The van der Waals surface area contributed by atoms with E-state index in [2.05, 4.69) is 5.32 Å². The molecule has 1 aliphatic rings. The molecule has 0 radical (unpaired) electrons. The molecule has 3 rings (SSSR count). The van der Waals surface area contributed by atoms with Gasteiger partial charge in [0.2, 0.25) is 11.8 Å². The van der Waals surface area contributed by atoms with Crippen molar-refractivity contribution in [3.8, 4) is 0 Å². The third kappa shape index (κ3) is 2.91. The van der Waals surface area contributed by atoms with E-state index >= 15 is 0 Å². The Hall–Kier alpha value is -2.34. The Balaban J connectivity index is 2.29. The standard InChI is InChI=1S/C19H25N3O3/c1-11(2)18-19(25)20-14(10-23)8-13-9-22(12(3)24)16-7-5-6-15(17(13)16)21(18)4/h5-7,9,11,14,18,23H,8,10H2,1-4H3,(H,20,25)/t14-,18-/m0/s1. The highest BCUT2D eigenvalue weighted by atomic mass is 16.3. The summed E-state index contributed by atoms with van der Waals surface area (Å²) >= 11 is 0. The Labute approximate surface area is 147 Å². The molecule has 1 aromatic carbocycles. The summed E-state index contributed by atoms with van der Waals surface area (Å²) in [4.78, 5) is 26.8. The summed E-state index contributed by atoms with van der Waals surface area (Å²) in [6, 6.07) is 5.08. The lowest BCUT2D eigenvalue weighted by Crippen LogP contribution is -2.52. The lowest BCUT2D eigenvalue weighted by atomic mass is 10.0. The van der Waals surface area contributed by atoms with E-state index in [1.54, 1.807) is 4.57 Å². The quantitative estimate of drug-likeness (QED) is 0.872. The molecule has 134 valence electrons. The third-order valence-electron chi connectivity index (χ3n) is 4.96. The van der Waals surface area contributed by atoms with Crippen LogP contribution in [-0.2, 0) is 11.2 Å². The summed E-state index contributed by atoms with van der Waals surface area (Å²) in [5.74, 6) is -0.0488. The molecule has 0 saturated heterocycles. The van der Waals surface area contributed by atoms with Crippen LogP contribution in [0.3, 0.4) is 0 Å². The molecular weight excluding hydrogens is 318 g/mol. The topological polar surface area (TPSA) is 74.6 Å². The van der Waals surface area contributed by atoms with Crippen LogP contribution in [-0.4, -0.2) is 47.2 Å². The summed E-state index contributed by atoms with van der Waals surface area (Å²) in [5.41, 5.74) is 2.72. The number of hydrogen-bond acceptors (Lipinski definition) is 4. The zero-order chi connectivity index (χ0) is 18.3. The molecule has 0 unspecified atom stereocenters. The molecule has 0 fully saturated rings. The maximum Gasteiger partial charge on any atom is 0.243 e. The van der Waals surface area contributed by atoms with E-state index in [9.17, 15) is 14.7 Å². The highest BCUT2D eigenvalue weighted by Crippen LogP contribution is 2.34. The average Bonchev–Trinajstić information content (AvgIpc) is 2.93. The van der Waals surface area contributed by atoms with E-state index in [1.807, 2.05) is 50.2 Å². The monoisotopic (exact) mass is 343 g/mol. The number of benzene rings is 1. The first-order chi connectivity index (χ1) is 11.8. The van der Waals surface area contributed by atoms with Crippen molar-refractivity contribution in [1.29, 1.82) is 0 Å². The lowest BCUT2D eigenvalue weighted by molar-refractivity contribution is -0.124. The number of rotatable bonds is 2. The number of carbonyl (C=O) groups excluding carboxylic acids is 2. The van der Waals surface area contributed by atoms with Crippen LogP contribution in [0.4, 0.5) is 5.69 Å². The Bertz CT molecular complexity index is 825. The average molecular weight is 343 g/mol. The van der Waals surface area contributed by atoms with Gasteiger partial charge in [-0.15, -0.1) is 0 Å². The molecule has 2 aromatic rings. The van der Waals surface area contributed by atoms with Crippen LogP contribution < -0.4 is 10.2 Å². The van der Waals surface area contributed by atoms with Gasteiger partial charge in [0.1, 0.15) is 6.04 Å². The molecule has 25 heavy (non-hydrogen) atoms. The number of amides is 1. The molecule has 0 saturated carbocycles. The minimum Gasteiger partial charge on any atom is -0.394 e. The number of nitrogens with zero attached hydrogens (tertiary/aromatic N) is 2. The minimum atomic E-state index is -0.376. The SMILES string of the molecule is CC(=O)n1cc2c3c(cccc31)N(C)[C@@H](C(C)C)C(=O)N[C@H](CO)C2. The van der Waals surface area contributed by atoms with E-state index < -0.39 is 0 Å². The molecule has 1 aromatic heterocycles. The van der Waals surface area contributed by atoms with Crippen molar-refractivity contribution in [2.24, 2.45) is 5.92 Å². The van der Waals surface area contributed by atoms with Crippen LogP contribution in [0.2, 0.25) is 0 Å². The zero-order valence-electron chi connectivity index (χ0n) is 15.1. The van der Waals surface area contributed by atoms with Crippen LogP contribution in [0, 0.1) is 5.92 Å². The first kappa shape index (κ1) is 17.5. The van der Waals surface area contributed by atoms with Crippen molar-refractivity contribution >= 4 is 28.4 Å². The fraction of sp³-hybridized carbons (Fsp3) is 0.474. The van der Waals surface area contributed by atoms with Gasteiger partial charge in [-0.3, -0.25) is 14.2 Å². The Morgan fingerprint density at radius 2 is 2.12 bits per heavy atom. The number of anilines is 1. The second-order valence-electron chi connectivity index (χ2n) is 7.11. The summed E-state index contributed by atoms with van der Waals surface area (Å²) in [6.45, 7) is 5.41. The third-order valence-corrected chi connectivity index (χ3v) is 4.96. The van der Waals surface area contributed by atoms with Crippen LogP contribution in [0.5, 0.6) is 0 Å². The van der Waals surface area contributed by atoms with Crippen molar-refractivity contribution in [2.45, 2.75) is 39.3 Å². The highest BCUT2D eigenvalue weighted by Gasteiger charge is 2.32. The smallest absolute Gasteiger partial charge is 0.243 e. The maximum absolute atomic E-state index is 12.8. The maximum atomic E-state index is 12.8. The molecule has 2 heterocycles. The second-order valence-corrected chi connectivity index (χ2v) is 7.11. The van der Waals surface area contributed by atoms with Gasteiger partial charge in [0.05, 0.1) is 18.2 Å². The normalized spacial score (nSPS) is 21.0. The largest absolute Gasteiger partial charge is 0.394 e. The van der Waals surface area contributed by atoms with Gasteiger partial charge in [-0.1, -0.05) is 19.9 Å². The van der Waals surface area contributed by atoms with Gasteiger partial charge in [-0.05, 0) is 30.0 Å². The fourth-order valence-corrected chi connectivity index (χ4v) is 3.85. The molecule has 6 heteroatoms. The molecule has 2 N–H and O–H groups in total. The van der Waals surface area contributed by atoms with Crippen molar-refractivity contribution < 1.29 is 14.7 Å². The number of carbonyl (C=O) groups is 2. The summed E-state index contributed by atoms with van der Waals surface area (Å²) in [7, 11) is 1.91. The Kier molecular flexibility index (Phi) is 4.56. The van der Waals surface area contributed by atoms with E-state index in [4.69, 9.17) is 0 Å². The van der Waals surface area contributed by atoms with Crippen molar-refractivity contribution in [3.05, 3.63) is 30.0 Å². The number of aromatic nitrogens is 1. The lowest BCUT2D eigenvalue weighted by Gasteiger charge is -2.32. The summed E-state index contributed by atoms with van der Waals surface area (Å²) in [5, 5.41) is 13.7. The number of hydrogen-bond donors (Lipinski definition) is 2. The van der Waals surface area contributed by atoms with Crippen molar-refractivity contribution in [1.82, 2.24) is 9.88 Å². The molecule has 0 bridgehead atoms. The highest BCUT2D eigenvalue weighted by molar-refractivity contribution is 6.02. The van der Waals surface area contributed by atoms with Crippen LogP contribution in [0.15, 0.2) is 24.4 Å². The Morgan fingerprint density at radius 3 is 2.72 bits per heavy atom. The van der Waals surface area contributed by atoms with Gasteiger partial charge in [0.25, 0.3) is 0 Å². The predicted molar refractivity (Wildman–Crippen MR) is 98.0 cm³/mol. The Morgan fingerprint density at radius 1 is 1.40 bits per heavy atom. The summed E-state index contributed by atoms with van der Waals surface area (Å²) < 4.78 is 1.64. The first-order valence-electron chi connectivity index (χ1n) is 8.63. The fourth-order valence-electron chi connectivity index (χ4n) is 3.85. The summed E-state index contributed by atoms with van der Waals surface area (Å²) in [6.07, 6.45) is 2.31. The number of aliphatic hydroxyl groups excluding tert-OH is 1. The molecule has 1 amide bonds. The van der Waals surface area contributed by atoms with Gasteiger partial charge in [-0.2, -0.15) is 0 Å².